The lowest BCUT2D eigenvalue weighted by molar-refractivity contribution is -0.393. The second kappa shape index (κ2) is 10.1. The molecule has 1 N–H and O–H groups in total. The summed E-state index contributed by atoms with van der Waals surface area (Å²) in [5.74, 6) is -1.58. The van der Waals surface area contributed by atoms with Crippen molar-refractivity contribution in [2.75, 3.05) is 11.9 Å². The number of halogens is 2. The van der Waals surface area contributed by atoms with Gasteiger partial charge in [-0.2, -0.15) is 0 Å². The number of nitrogens with zero attached hydrogens (tertiary/aromatic N) is 2. The van der Waals surface area contributed by atoms with Gasteiger partial charge >= 0.3 is 5.97 Å². The first-order valence-electron chi connectivity index (χ1n) is 9.12. The highest BCUT2D eigenvalue weighted by Gasteiger charge is 2.29. The fourth-order valence-corrected chi connectivity index (χ4v) is 4.33. The number of anilines is 1. The highest BCUT2D eigenvalue weighted by Crippen LogP contribution is 2.38. The summed E-state index contributed by atoms with van der Waals surface area (Å²) in [7, 11) is 0. The van der Waals surface area contributed by atoms with E-state index in [1.54, 1.807) is 36.6 Å². The monoisotopic (exact) mass is 553 g/mol. The van der Waals surface area contributed by atoms with E-state index in [2.05, 4.69) is 21.2 Å². The average Bonchev–Trinajstić information content (AvgIpc) is 3.17. The van der Waals surface area contributed by atoms with Crippen LogP contribution in [-0.4, -0.2) is 28.3 Å². The number of ether oxygens (including phenoxy) is 1. The molecule has 0 saturated heterocycles. The molecule has 3 aromatic rings. The van der Waals surface area contributed by atoms with Crippen molar-refractivity contribution in [1.29, 1.82) is 0 Å². The van der Waals surface area contributed by atoms with E-state index in [1.807, 2.05) is 0 Å². The van der Waals surface area contributed by atoms with E-state index in [4.69, 9.17) is 16.3 Å². The van der Waals surface area contributed by atoms with Crippen LogP contribution in [0.3, 0.4) is 0 Å². The van der Waals surface area contributed by atoms with Crippen LogP contribution in [0.1, 0.15) is 27.6 Å². The molecular formula is C20H13BrClN3O7S. The quantitative estimate of drug-likeness (QED) is 0.212. The minimum atomic E-state index is -0.924. The van der Waals surface area contributed by atoms with Crippen LogP contribution in [0.15, 0.2) is 46.3 Å². The molecule has 33 heavy (non-hydrogen) atoms. The minimum absolute atomic E-state index is 0.0930. The fraction of sp³-hybridized carbons (Fsp3) is 0.100. The summed E-state index contributed by atoms with van der Waals surface area (Å²) in [6.07, 6.45) is 0. The van der Waals surface area contributed by atoms with Gasteiger partial charge in [-0.05, 0) is 24.6 Å². The lowest BCUT2D eigenvalue weighted by atomic mass is 10.0. The third-order valence-electron chi connectivity index (χ3n) is 4.34. The van der Waals surface area contributed by atoms with Gasteiger partial charge in [0, 0.05) is 27.5 Å². The topological polar surface area (TPSA) is 142 Å². The summed E-state index contributed by atoms with van der Waals surface area (Å²) in [6.45, 7) is 1.73. The highest BCUT2D eigenvalue weighted by atomic mass is 79.9. The van der Waals surface area contributed by atoms with Gasteiger partial charge < -0.3 is 10.1 Å². The van der Waals surface area contributed by atoms with Crippen LogP contribution in [0.4, 0.5) is 16.4 Å². The van der Waals surface area contributed by atoms with E-state index in [0.717, 1.165) is 27.9 Å². The molecule has 0 bridgehead atoms. The van der Waals surface area contributed by atoms with Gasteiger partial charge in [-0.1, -0.05) is 39.7 Å². The van der Waals surface area contributed by atoms with Crippen molar-refractivity contribution < 1.29 is 24.2 Å². The van der Waals surface area contributed by atoms with Crippen LogP contribution in [0, 0.1) is 20.2 Å². The Morgan fingerprint density at radius 3 is 2.21 bits per heavy atom. The molecule has 0 saturated carbocycles. The first-order valence-corrected chi connectivity index (χ1v) is 11.2. The van der Waals surface area contributed by atoms with Gasteiger partial charge in [0.1, 0.15) is 10.6 Å². The zero-order valence-corrected chi connectivity index (χ0v) is 19.8. The molecule has 0 aliphatic carbocycles. The molecule has 0 unspecified atom stereocenters. The first-order chi connectivity index (χ1) is 15.6. The van der Waals surface area contributed by atoms with Crippen molar-refractivity contribution in [3.63, 3.8) is 0 Å². The van der Waals surface area contributed by atoms with E-state index in [9.17, 15) is 29.8 Å². The van der Waals surface area contributed by atoms with Crippen molar-refractivity contribution in [2.45, 2.75) is 6.92 Å². The Morgan fingerprint density at radius 2 is 1.70 bits per heavy atom. The van der Waals surface area contributed by atoms with Crippen molar-refractivity contribution in [1.82, 2.24) is 0 Å². The zero-order valence-electron chi connectivity index (χ0n) is 16.7. The fourth-order valence-electron chi connectivity index (χ4n) is 2.86. The van der Waals surface area contributed by atoms with Gasteiger partial charge in [0.25, 0.3) is 17.3 Å². The molecule has 1 amide bonds. The Labute approximate surface area is 203 Å². The van der Waals surface area contributed by atoms with Crippen LogP contribution in [0.5, 0.6) is 0 Å². The third kappa shape index (κ3) is 5.18. The largest absolute Gasteiger partial charge is 0.462 e. The number of nitro groups is 2. The summed E-state index contributed by atoms with van der Waals surface area (Å²) >= 11 is 10.1. The number of carbonyl (C=O) groups excluding carboxylic acids is 2. The number of rotatable bonds is 7. The summed E-state index contributed by atoms with van der Waals surface area (Å²) in [4.78, 5) is 46.1. The maximum atomic E-state index is 12.8. The van der Waals surface area contributed by atoms with Crippen molar-refractivity contribution in [3.05, 3.63) is 82.6 Å². The molecular weight excluding hydrogens is 542 g/mol. The van der Waals surface area contributed by atoms with E-state index >= 15 is 0 Å². The molecule has 1 aromatic heterocycles. The number of carbonyl (C=O) groups is 2. The second-order valence-corrected chi connectivity index (χ2v) is 8.55. The summed E-state index contributed by atoms with van der Waals surface area (Å²) in [5.41, 5.74) is -0.654. The second-order valence-electron chi connectivity index (χ2n) is 6.38. The third-order valence-corrected chi connectivity index (χ3v) is 6.15. The Morgan fingerprint density at radius 1 is 1.12 bits per heavy atom. The van der Waals surface area contributed by atoms with Crippen LogP contribution < -0.4 is 5.32 Å². The Hall–Kier alpha value is -3.35. The van der Waals surface area contributed by atoms with E-state index in [1.165, 1.54) is 0 Å². The van der Waals surface area contributed by atoms with Crippen LogP contribution in [0.2, 0.25) is 5.02 Å². The normalized spacial score (nSPS) is 10.5. The van der Waals surface area contributed by atoms with Crippen LogP contribution in [0.25, 0.3) is 11.1 Å². The molecule has 0 spiro atoms. The molecule has 0 radical (unpaired) electrons. The summed E-state index contributed by atoms with van der Waals surface area (Å²) in [6, 6.07) is 8.77. The predicted molar refractivity (Wildman–Crippen MR) is 126 cm³/mol. The van der Waals surface area contributed by atoms with Crippen LogP contribution >= 0.6 is 38.9 Å². The SMILES string of the molecule is CCOC(=O)c1c(-c2ccc(Br)cc2)csc1NC(=O)c1cc([N+](=O)[O-])c(Cl)c([N+](=O)[O-])c1. The molecule has 1 heterocycles. The molecule has 13 heteroatoms. The number of amides is 1. The smallest absolute Gasteiger partial charge is 0.341 e. The molecule has 0 aliphatic heterocycles. The van der Waals surface area contributed by atoms with Crippen molar-refractivity contribution >= 4 is 67.1 Å². The number of benzene rings is 2. The lowest BCUT2D eigenvalue weighted by Gasteiger charge is -2.09. The number of thiophene rings is 1. The molecule has 0 atom stereocenters. The van der Waals surface area contributed by atoms with E-state index < -0.39 is 38.1 Å². The van der Waals surface area contributed by atoms with Gasteiger partial charge in [0.05, 0.1) is 22.0 Å². The van der Waals surface area contributed by atoms with Crippen molar-refractivity contribution in [3.8, 4) is 11.1 Å². The zero-order chi connectivity index (χ0) is 24.3. The lowest BCUT2D eigenvalue weighted by Crippen LogP contribution is -2.15. The Bertz CT molecular complexity index is 1240. The van der Waals surface area contributed by atoms with Gasteiger partial charge in [-0.3, -0.25) is 25.0 Å². The predicted octanol–water partition coefficient (Wildman–Crippen LogP) is 6.08. The number of esters is 1. The molecule has 2 aromatic carbocycles. The standard InChI is InChI=1S/C20H13BrClN3O7S/c1-2-32-20(27)16-13(10-3-5-12(21)6-4-10)9-33-19(16)23-18(26)11-7-14(24(28)29)17(22)15(8-11)25(30)31/h3-9H,2H2,1H3,(H,23,26). The van der Waals surface area contributed by atoms with Crippen LogP contribution in [-0.2, 0) is 4.74 Å². The summed E-state index contributed by atoms with van der Waals surface area (Å²) in [5, 5.41) is 26.0. The average molecular weight is 555 g/mol. The number of nitro benzene ring substituents is 2. The maximum absolute atomic E-state index is 12.8. The molecule has 10 nitrogen and oxygen atoms in total. The Balaban J connectivity index is 2.05. The van der Waals surface area contributed by atoms with E-state index in [-0.39, 0.29) is 22.7 Å². The van der Waals surface area contributed by atoms with Gasteiger partial charge in [0.15, 0.2) is 5.02 Å². The molecule has 3 rings (SSSR count). The molecule has 0 aliphatic rings. The van der Waals surface area contributed by atoms with E-state index in [0.29, 0.717) is 11.1 Å². The first kappa shape index (κ1) is 24.3. The number of hydrogen-bond acceptors (Lipinski definition) is 8. The maximum Gasteiger partial charge on any atom is 0.341 e. The van der Waals surface area contributed by atoms with Gasteiger partial charge in [-0.25, -0.2) is 4.79 Å². The van der Waals surface area contributed by atoms with Crippen molar-refractivity contribution in [2.24, 2.45) is 0 Å². The van der Waals surface area contributed by atoms with Gasteiger partial charge in [-0.15, -0.1) is 11.3 Å². The number of hydrogen-bond donors (Lipinski definition) is 1. The Kier molecular flexibility index (Phi) is 7.41. The summed E-state index contributed by atoms with van der Waals surface area (Å²) < 4.78 is 5.96. The molecule has 0 fully saturated rings. The minimum Gasteiger partial charge on any atom is -0.462 e. The van der Waals surface area contributed by atoms with Gasteiger partial charge in [0.2, 0.25) is 0 Å². The highest BCUT2D eigenvalue weighted by molar-refractivity contribution is 9.10. The number of nitrogens with one attached hydrogen (secondary N) is 1. The molecule has 170 valence electrons.